The number of aromatic nitrogens is 3. The number of anilines is 5. The fourth-order valence-corrected chi connectivity index (χ4v) is 5.23. The van der Waals surface area contributed by atoms with E-state index in [-0.39, 0.29) is 17.6 Å². The predicted molar refractivity (Wildman–Crippen MR) is 132 cm³/mol. The molecule has 3 aliphatic heterocycles. The summed E-state index contributed by atoms with van der Waals surface area (Å²) < 4.78 is 11.6. The highest BCUT2D eigenvalue weighted by molar-refractivity contribution is 5.69. The van der Waals surface area contributed by atoms with E-state index in [1.165, 1.54) is 5.69 Å². The fourth-order valence-electron chi connectivity index (χ4n) is 5.23. The molecule has 3 aromatic rings. The Hall–Kier alpha value is -3.23. The molecule has 8 nitrogen and oxygen atoms in total. The molecule has 0 bridgehead atoms. The monoisotopic (exact) mass is 458 g/mol. The topological polar surface area (TPSA) is 75.6 Å². The molecule has 0 amide bonds. The van der Waals surface area contributed by atoms with Crippen LogP contribution in [0.5, 0.6) is 0 Å². The SMILES string of the molecule is CC1(C)CC2C(CO1)c1cnc(Nc3ccc(N4CCOCC4)cc3)nc1N2c1ccccn1. The molecule has 0 aliphatic carbocycles. The summed E-state index contributed by atoms with van der Waals surface area (Å²) in [5.74, 6) is 2.63. The van der Waals surface area contributed by atoms with Crippen LogP contribution in [0, 0.1) is 0 Å². The minimum absolute atomic E-state index is 0.188. The van der Waals surface area contributed by atoms with Gasteiger partial charge in [0.25, 0.3) is 0 Å². The van der Waals surface area contributed by atoms with E-state index in [0.29, 0.717) is 12.6 Å². The van der Waals surface area contributed by atoms with Gasteiger partial charge in [-0.05, 0) is 56.7 Å². The molecular formula is C26H30N6O2. The number of fused-ring (bicyclic) bond motifs is 3. The number of morpholine rings is 1. The lowest BCUT2D eigenvalue weighted by Crippen LogP contribution is -2.45. The van der Waals surface area contributed by atoms with E-state index in [4.69, 9.17) is 14.5 Å². The second-order valence-corrected chi connectivity index (χ2v) is 9.75. The summed E-state index contributed by atoms with van der Waals surface area (Å²) in [5.41, 5.74) is 3.10. The van der Waals surface area contributed by atoms with E-state index >= 15 is 0 Å². The minimum atomic E-state index is -0.188. The smallest absolute Gasteiger partial charge is 0.229 e. The van der Waals surface area contributed by atoms with E-state index in [2.05, 4.69) is 63.2 Å². The van der Waals surface area contributed by atoms with Crippen molar-refractivity contribution in [2.24, 2.45) is 0 Å². The zero-order valence-electron chi connectivity index (χ0n) is 19.6. The third-order valence-electron chi connectivity index (χ3n) is 6.97. The maximum atomic E-state index is 6.18. The fraction of sp³-hybridized carbons (Fsp3) is 0.423. The lowest BCUT2D eigenvalue weighted by atomic mass is 9.85. The van der Waals surface area contributed by atoms with Crippen LogP contribution in [0.2, 0.25) is 0 Å². The molecule has 2 unspecified atom stereocenters. The van der Waals surface area contributed by atoms with Gasteiger partial charge in [0.15, 0.2) is 0 Å². The van der Waals surface area contributed by atoms with Crippen molar-refractivity contribution < 1.29 is 9.47 Å². The predicted octanol–water partition coefficient (Wildman–Crippen LogP) is 4.25. The number of rotatable bonds is 4. The zero-order chi connectivity index (χ0) is 23.1. The number of ether oxygens (including phenoxy) is 2. The molecule has 176 valence electrons. The molecular weight excluding hydrogens is 428 g/mol. The maximum absolute atomic E-state index is 6.18. The summed E-state index contributed by atoms with van der Waals surface area (Å²) >= 11 is 0. The quantitative estimate of drug-likeness (QED) is 0.622. The first-order chi connectivity index (χ1) is 16.6. The van der Waals surface area contributed by atoms with E-state index in [0.717, 1.165) is 55.6 Å². The molecule has 34 heavy (non-hydrogen) atoms. The second kappa shape index (κ2) is 8.52. The van der Waals surface area contributed by atoms with Crippen LogP contribution in [0.3, 0.4) is 0 Å². The lowest BCUT2D eigenvalue weighted by molar-refractivity contribution is -0.0658. The van der Waals surface area contributed by atoms with Crippen molar-refractivity contribution in [1.29, 1.82) is 0 Å². The third-order valence-corrected chi connectivity index (χ3v) is 6.97. The van der Waals surface area contributed by atoms with E-state index in [9.17, 15) is 0 Å². The largest absolute Gasteiger partial charge is 0.378 e. The summed E-state index contributed by atoms with van der Waals surface area (Å²) in [6.07, 6.45) is 4.69. The molecule has 2 saturated heterocycles. The van der Waals surface area contributed by atoms with Gasteiger partial charge in [0.1, 0.15) is 11.6 Å². The van der Waals surface area contributed by atoms with Crippen LogP contribution >= 0.6 is 0 Å². The highest BCUT2D eigenvalue weighted by atomic mass is 16.5. The van der Waals surface area contributed by atoms with Crippen molar-refractivity contribution in [2.75, 3.05) is 48.0 Å². The van der Waals surface area contributed by atoms with Crippen molar-refractivity contribution in [3.8, 4) is 0 Å². The molecule has 2 fully saturated rings. The van der Waals surface area contributed by atoms with Gasteiger partial charge in [-0.3, -0.25) is 0 Å². The summed E-state index contributed by atoms with van der Waals surface area (Å²) in [6, 6.07) is 14.7. The van der Waals surface area contributed by atoms with Crippen LogP contribution in [0.15, 0.2) is 54.9 Å². The Morgan fingerprint density at radius 1 is 1.03 bits per heavy atom. The molecule has 6 rings (SSSR count). The van der Waals surface area contributed by atoms with Gasteiger partial charge in [-0.2, -0.15) is 4.98 Å². The van der Waals surface area contributed by atoms with Gasteiger partial charge in [-0.25, -0.2) is 9.97 Å². The Balaban J connectivity index is 1.29. The van der Waals surface area contributed by atoms with Gasteiger partial charge >= 0.3 is 0 Å². The average molecular weight is 459 g/mol. The van der Waals surface area contributed by atoms with E-state index in [1.807, 2.05) is 30.6 Å². The Morgan fingerprint density at radius 3 is 2.62 bits per heavy atom. The van der Waals surface area contributed by atoms with Crippen LogP contribution in [0.25, 0.3) is 0 Å². The molecule has 0 saturated carbocycles. The third kappa shape index (κ3) is 3.97. The van der Waals surface area contributed by atoms with E-state index in [1.54, 1.807) is 0 Å². The highest BCUT2D eigenvalue weighted by Gasteiger charge is 2.47. The number of pyridine rings is 1. The first-order valence-corrected chi connectivity index (χ1v) is 12.0. The Labute approximate surface area is 199 Å². The summed E-state index contributed by atoms with van der Waals surface area (Å²) in [5, 5.41) is 3.39. The molecule has 0 spiro atoms. The second-order valence-electron chi connectivity index (χ2n) is 9.75. The maximum Gasteiger partial charge on any atom is 0.229 e. The molecule has 8 heteroatoms. The van der Waals surface area contributed by atoms with Gasteiger partial charge in [-0.1, -0.05) is 6.07 Å². The van der Waals surface area contributed by atoms with Crippen molar-refractivity contribution >= 4 is 29.0 Å². The van der Waals surface area contributed by atoms with Crippen LogP contribution in [-0.2, 0) is 9.47 Å². The molecule has 2 atom stereocenters. The lowest BCUT2D eigenvalue weighted by Gasteiger charge is -2.40. The van der Waals surface area contributed by atoms with Gasteiger partial charge < -0.3 is 24.6 Å². The van der Waals surface area contributed by atoms with Gasteiger partial charge in [0.05, 0.1) is 25.4 Å². The molecule has 1 aromatic carbocycles. The van der Waals surface area contributed by atoms with E-state index < -0.39 is 0 Å². The summed E-state index contributed by atoms with van der Waals surface area (Å²) in [7, 11) is 0. The molecule has 2 aromatic heterocycles. The van der Waals surface area contributed by atoms with Crippen molar-refractivity contribution in [2.45, 2.75) is 37.8 Å². The van der Waals surface area contributed by atoms with Gasteiger partial charge in [0.2, 0.25) is 5.95 Å². The Morgan fingerprint density at radius 2 is 1.85 bits per heavy atom. The van der Waals surface area contributed by atoms with Crippen molar-refractivity contribution in [3.63, 3.8) is 0 Å². The number of nitrogens with one attached hydrogen (secondary N) is 1. The number of hydrogen-bond acceptors (Lipinski definition) is 8. The first kappa shape index (κ1) is 21.3. The molecule has 0 radical (unpaired) electrons. The van der Waals surface area contributed by atoms with Crippen LogP contribution < -0.4 is 15.1 Å². The first-order valence-electron chi connectivity index (χ1n) is 12.0. The Bertz CT molecular complexity index is 1150. The van der Waals surface area contributed by atoms with Gasteiger partial charge in [-0.15, -0.1) is 0 Å². The molecule has 5 heterocycles. The summed E-state index contributed by atoms with van der Waals surface area (Å²) in [6.45, 7) is 8.37. The molecule has 1 N–H and O–H groups in total. The van der Waals surface area contributed by atoms with Crippen molar-refractivity contribution in [1.82, 2.24) is 15.0 Å². The number of nitrogens with zero attached hydrogens (tertiary/aromatic N) is 5. The Kier molecular flexibility index (Phi) is 5.34. The zero-order valence-corrected chi connectivity index (χ0v) is 19.6. The summed E-state index contributed by atoms with van der Waals surface area (Å²) in [4.78, 5) is 18.9. The van der Waals surface area contributed by atoms with Crippen LogP contribution in [0.4, 0.5) is 29.0 Å². The number of hydrogen-bond donors (Lipinski definition) is 1. The normalized spacial score (nSPS) is 23.4. The van der Waals surface area contributed by atoms with Crippen molar-refractivity contribution in [3.05, 3.63) is 60.4 Å². The van der Waals surface area contributed by atoms with Gasteiger partial charge in [0, 0.05) is 54.4 Å². The molecule has 3 aliphatic rings. The minimum Gasteiger partial charge on any atom is -0.378 e. The number of benzene rings is 1. The average Bonchev–Trinajstić information content (AvgIpc) is 3.17. The van der Waals surface area contributed by atoms with Crippen LogP contribution in [-0.4, -0.2) is 59.5 Å². The van der Waals surface area contributed by atoms with Crippen LogP contribution in [0.1, 0.15) is 31.7 Å². The highest BCUT2D eigenvalue weighted by Crippen LogP contribution is 2.49. The standard InChI is InChI=1S/C26H30N6O2/c1-26(2)15-22-21(17-34-26)20-16-28-25(30-24(20)32(22)23-5-3-4-10-27-23)29-18-6-8-19(9-7-18)31-11-13-33-14-12-31/h3-10,16,21-22H,11-15,17H2,1-2H3,(H,28,29,30).